The number of likely N-dealkylation sites (tertiary alicyclic amines) is 3. The van der Waals surface area contributed by atoms with Crippen LogP contribution in [0.4, 0.5) is 0 Å². The molecule has 5 aliphatic heterocycles. The van der Waals surface area contributed by atoms with E-state index in [2.05, 4.69) is 24.1 Å². The molecule has 7 fully saturated rings. The van der Waals surface area contributed by atoms with Crippen molar-refractivity contribution in [2.45, 2.75) is 104 Å². The summed E-state index contributed by atoms with van der Waals surface area (Å²) in [6, 6.07) is -0.892. The van der Waals surface area contributed by atoms with Crippen LogP contribution < -0.4 is 5.32 Å². The van der Waals surface area contributed by atoms with Crippen LogP contribution in [0.2, 0.25) is 0 Å². The van der Waals surface area contributed by atoms with Crippen LogP contribution in [0.3, 0.4) is 0 Å². The summed E-state index contributed by atoms with van der Waals surface area (Å²) in [6.45, 7) is 13.5. The molecule has 13 heteroatoms. The number of nitrogens with one attached hydrogen (secondary N) is 1. The number of methoxy groups -OCH3 is 1. The van der Waals surface area contributed by atoms with Crippen molar-refractivity contribution in [2.75, 3.05) is 59.6 Å². The van der Waals surface area contributed by atoms with Gasteiger partial charge in [-0.2, -0.15) is 0 Å². The molecular formula is C37H55N5O7S. The molecule has 7 aliphatic rings. The van der Waals surface area contributed by atoms with Crippen molar-refractivity contribution in [1.29, 1.82) is 0 Å². The van der Waals surface area contributed by atoms with Gasteiger partial charge in [0.15, 0.2) is 0 Å². The summed E-state index contributed by atoms with van der Waals surface area (Å²) in [4.78, 5) is 66.6. The molecule has 4 atom stereocenters. The average molecular weight is 714 g/mol. The SMILES string of the molecule is COC1CCN(C(=O)[C@@H](NC(=O)[C@@H]2CN(C(=O)c3sc(C)nc3C)CC23CN(C(=O)[C@H]2CC2(C)C)C3)[C@@H](C)OCC23CCC(CC2)OC3)CC1. The predicted octanol–water partition coefficient (Wildman–Crippen LogP) is 3.19. The zero-order valence-electron chi connectivity index (χ0n) is 30.6. The van der Waals surface area contributed by atoms with E-state index in [4.69, 9.17) is 14.2 Å². The second kappa shape index (κ2) is 13.4. The second-order valence-electron chi connectivity index (χ2n) is 17.0. The third-order valence-corrected chi connectivity index (χ3v) is 13.9. The van der Waals surface area contributed by atoms with Crippen LogP contribution >= 0.6 is 11.3 Å². The summed E-state index contributed by atoms with van der Waals surface area (Å²) in [7, 11) is 1.70. The van der Waals surface area contributed by atoms with Gasteiger partial charge in [0.2, 0.25) is 17.7 Å². The van der Waals surface area contributed by atoms with Gasteiger partial charge < -0.3 is 34.2 Å². The number of thiazole rings is 1. The fourth-order valence-corrected chi connectivity index (χ4v) is 10.1. The van der Waals surface area contributed by atoms with Crippen molar-refractivity contribution in [3.63, 3.8) is 0 Å². The molecule has 0 radical (unpaired) electrons. The highest BCUT2D eigenvalue weighted by Gasteiger charge is 2.62. The lowest BCUT2D eigenvalue weighted by Gasteiger charge is -2.50. The van der Waals surface area contributed by atoms with Crippen molar-refractivity contribution >= 4 is 35.0 Å². The molecule has 12 nitrogen and oxygen atoms in total. The molecule has 2 bridgehead atoms. The Morgan fingerprint density at radius 2 is 1.66 bits per heavy atom. The third kappa shape index (κ3) is 6.72. The van der Waals surface area contributed by atoms with E-state index in [9.17, 15) is 19.2 Å². The molecule has 5 saturated heterocycles. The first-order valence-corrected chi connectivity index (χ1v) is 19.4. The first kappa shape index (κ1) is 35.8. The molecule has 0 aromatic carbocycles. The average Bonchev–Trinajstić information content (AvgIpc) is 3.38. The summed E-state index contributed by atoms with van der Waals surface area (Å²) >= 11 is 1.37. The lowest BCUT2D eigenvalue weighted by atomic mass is 9.70. The van der Waals surface area contributed by atoms with E-state index >= 15 is 0 Å². The van der Waals surface area contributed by atoms with E-state index in [1.165, 1.54) is 11.3 Å². The van der Waals surface area contributed by atoms with Gasteiger partial charge >= 0.3 is 0 Å². The third-order valence-electron chi connectivity index (χ3n) is 12.9. The van der Waals surface area contributed by atoms with Gasteiger partial charge in [0.1, 0.15) is 10.9 Å². The van der Waals surface area contributed by atoms with E-state index in [1.54, 1.807) is 12.0 Å². The fourth-order valence-electron chi connectivity index (χ4n) is 9.20. The minimum absolute atomic E-state index is 0.0000503. The molecule has 8 rings (SSSR count). The summed E-state index contributed by atoms with van der Waals surface area (Å²) in [5, 5.41) is 3.99. The Bertz CT molecular complexity index is 1480. The number of carbonyl (C=O) groups is 4. The molecule has 276 valence electrons. The number of hydrogen-bond donors (Lipinski definition) is 1. The lowest BCUT2D eigenvalue weighted by molar-refractivity contribution is -0.160. The Morgan fingerprint density at radius 3 is 2.22 bits per heavy atom. The number of aromatic nitrogens is 1. The molecule has 6 heterocycles. The number of amides is 4. The van der Waals surface area contributed by atoms with Crippen LogP contribution in [0.15, 0.2) is 0 Å². The van der Waals surface area contributed by atoms with Crippen molar-refractivity contribution in [3.05, 3.63) is 15.6 Å². The zero-order chi connectivity index (χ0) is 35.6. The fraction of sp³-hybridized carbons (Fsp3) is 0.811. The Kier molecular flexibility index (Phi) is 9.60. The van der Waals surface area contributed by atoms with Crippen LogP contribution in [-0.2, 0) is 28.6 Å². The molecule has 50 heavy (non-hydrogen) atoms. The largest absolute Gasteiger partial charge is 0.381 e. The van der Waals surface area contributed by atoms with Crippen LogP contribution in [0.5, 0.6) is 0 Å². The van der Waals surface area contributed by atoms with Gasteiger partial charge in [-0.05, 0) is 71.1 Å². The predicted molar refractivity (Wildman–Crippen MR) is 186 cm³/mol. The van der Waals surface area contributed by atoms with E-state index in [1.807, 2.05) is 30.6 Å². The highest BCUT2D eigenvalue weighted by Crippen LogP contribution is 2.55. The topological polar surface area (TPSA) is 131 Å². The number of nitrogens with zero attached hydrogens (tertiary/aromatic N) is 4. The van der Waals surface area contributed by atoms with E-state index in [0.717, 1.165) is 50.0 Å². The number of aryl methyl sites for hydroxylation is 2. The van der Waals surface area contributed by atoms with Crippen LogP contribution in [0.25, 0.3) is 0 Å². The van der Waals surface area contributed by atoms with E-state index in [-0.39, 0.29) is 53.0 Å². The van der Waals surface area contributed by atoms with Gasteiger partial charge in [0.25, 0.3) is 5.91 Å². The van der Waals surface area contributed by atoms with Gasteiger partial charge in [0.05, 0.1) is 48.1 Å². The summed E-state index contributed by atoms with van der Waals surface area (Å²) in [5.41, 5.74) is 0.0399. The summed E-state index contributed by atoms with van der Waals surface area (Å²) in [6.07, 6.45) is 6.37. The minimum Gasteiger partial charge on any atom is -0.381 e. The number of rotatable bonds is 10. The Hall–Kier alpha value is -2.61. The molecule has 1 spiro atoms. The van der Waals surface area contributed by atoms with Crippen LogP contribution in [0.1, 0.15) is 86.1 Å². The maximum atomic E-state index is 14.6. The van der Waals surface area contributed by atoms with E-state index < -0.39 is 23.5 Å². The summed E-state index contributed by atoms with van der Waals surface area (Å²) < 4.78 is 18.1. The van der Waals surface area contributed by atoms with E-state index in [0.29, 0.717) is 62.6 Å². The molecule has 1 N–H and O–H groups in total. The van der Waals surface area contributed by atoms with Gasteiger partial charge in [0, 0.05) is 63.1 Å². The highest BCUT2D eigenvalue weighted by atomic mass is 32.1. The van der Waals surface area contributed by atoms with Gasteiger partial charge in [-0.15, -0.1) is 11.3 Å². The smallest absolute Gasteiger partial charge is 0.265 e. The van der Waals surface area contributed by atoms with Gasteiger partial charge in [-0.1, -0.05) is 13.8 Å². The Morgan fingerprint density at radius 1 is 1.00 bits per heavy atom. The molecule has 2 aliphatic carbocycles. The number of fused-ring (bicyclic) bond motifs is 3. The van der Waals surface area contributed by atoms with Crippen LogP contribution in [0, 0.1) is 41.9 Å². The Labute approximate surface area is 299 Å². The van der Waals surface area contributed by atoms with Crippen molar-refractivity contribution < 1.29 is 33.4 Å². The van der Waals surface area contributed by atoms with Crippen molar-refractivity contribution in [3.8, 4) is 0 Å². The number of hydrogen-bond acceptors (Lipinski definition) is 9. The quantitative estimate of drug-likeness (QED) is 0.392. The van der Waals surface area contributed by atoms with Gasteiger partial charge in [-0.3, -0.25) is 19.2 Å². The highest BCUT2D eigenvalue weighted by molar-refractivity contribution is 7.13. The maximum Gasteiger partial charge on any atom is 0.265 e. The molecule has 1 aromatic heterocycles. The number of ether oxygens (including phenoxy) is 3. The van der Waals surface area contributed by atoms with Gasteiger partial charge in [-0.25, -0.2) is 4.98 Å². The number of piperidine rings is 1. The van der Waals surface area contributed by atoms with Crippen molar-refractivity contribution in [1.82, 2.24) is 25.0 Å². The standard InChI is InChI=1S/C37H55N5O7S/c1-22-30(50-24(3)38-22)34(46)41-16-28(37(17-41)18-42(19-37)32(44)27-15-35(27,4)5)31(43)39-29(33(45)40-13-9-25(47-6)10-14-40)23(2)48-20-36-11-7-26(8-12-36)49-21-36/h23,25-29H,7-21H2,1-6H3,(H,39,43)/t23-,26?,27-,28+,29+,36?/m1/s1. The summed E-state index contributed by atoms with van der Waals surface area (Å²) in [5.74, 6) is -1.01. The molecule has 2 saturated carbocycles. The second-order valence-corrected chi connectivity index (χ2v) is 18.2. The lowest BCUT2D eigenvalue weighted by Crippen LogP contribution is -2.65. The molecule has 0 unspecified atom stereocenters. The maximum absolute atomic E-state index is 14.6. The zero-order valence-corrected chi connectivity index (χ0v) is 31.4. The normalized spacial score (nSPS) is 31.0. The molecule has 1 aromatic rings. The first-order valence-electron chi connectivity index (χ1n) is 18.6. The Balaban J connectivity index is 1.10. The molecular weight excluding hydrogens is 659 g/mol. The number of carbonyl (C=O) groups excluding carboxylic acids is 4. The molecule has 4 amide bonds. The minimum atomic E-state index is -0.892. The van der Waals surface area contributed by atoms with Crippen molar-refractivity contribution in [2.24, 2.45) is 28.1 Å². The van der Waals surface area contributed by atoms with Crippen LogP contribution in [-0.4, -0.2) is 127 Å². The monoisotopic (exact) mass is 713 g/mol. The first-order chi connectivity index (χ1) is 23.7.